The maximum absolute atomic E-state index is 2.52. The van der Waals surface area contributed by atoms with E-state index in [2.05, 4.69) is 69.7 Å². The van der Waals surface area contributed by atoms with Crippen LogP contribution in [0.4, 0.5) is 0 Å². The Balaban J connectivity index is 0.00000156. The Morgan fingerprint density at radius 2 is 1.92 bits per heavy atom. The van der Waals surface area contributed by atoms with Gasteiger partial charge >= 0.3 is 155 Å². The fourth-order valence-corrected chi connectivity index (χ4v) is 14.3. The summed E-state index contributed by atoms with van der Waals surface area (Å²) in [6, 6.07) is 9.15. The van der Waals surface area contributed by atoms with Crippen LogP contribution in [0.5, 0.6) is 0 Å². The quantitative estimate of drug-likeness (QED) is 0.376. The molecule has 2 aliphatic carbocycles. The average molecular weight is 527 g/mol. The Labute approximate surface area is 163 Å². The minimum atomic E-state index is -0.876. The third kappa shape index (κ3) is 4.86. The van der Waals surface area contributed by atoms with Gasteiger partial charge in [0.1, 0.15) is 0 Å². The number of allylic oxidation sites excluding steroid dienone is 5. The molecule has 1 aromatic rings. The first-order valence-corrected chi connectivity index (χ1v) is 14.9. The fraction of sp³-hybridized carbons (Fsp3) is 0.429. The van der Waals surface area contributed by atoms with Crippen molar-refractivity contribution in [2.45, 2.75) is 36.8 Å². The first-order valence-electron chi connectivity index (χ1n) is 8.75. The molecule has 0 heterocycles. The molecule has 0 amide bonds. The van der Waals surface area contributed by atoms with E-state index < -0.39 is 22.9 Å². The molecular formula is C21H27F2HfP. The van der Waals surface area contributed by atoms with Crippen LogP contribution in [0.2, 0.25) is 0 Å². The molecule has 0 saturated carbocycles. The van der Waals surface area contributed by atoms with Crippen molar-refractivity contribution in [3.8, 4) is 0 Å². The van der Waals surface area contributed by atoms with Crippen molar-refractivity contribution in [3.05, 3.63) is 61.8 Å². The molecular weight excluding hydrogens is 500 g/mol. The van der Waals surface area contributed by atoms with Gasteiger partial charge in [0.25, 0.3) is 0 Å². The van der Waals surface area contributed by atoms with Crippen LogP contribution in [0.1, 0.15) is 47.9 Å². The maximum Gasteiger partial charge on any atom is -1.00 e. The fourth-order valence-electron chi connectivity index (χ4n) is 3.74. The normalized spacial score (nSPS) is 19.1. The minimum absolute atomic E-state index is 0. The monoisotopic (exact) mass is 528 g/mol. The molecule has 1 aromatic carbocycles. The molecule has 0 nitrogen and oxygen atoms in total. The van der Waals surface area contributed by atoms with Crippen molar-refractivity contribution in [1.29, 1.82) is 0 Å². The Morgan fingerprint density at radius 1 is 1.20 bits per heavy atom. The van der Waals surface area contributed by atoms with Crippen LogP contribution in [-0.4, -0.2) is 13.3 Å². The second kappa shape index (κ2) is 10.1. The second-order valence-corrected chi connectivity index (χ2v) is 14.5. The van der Waals surface area contributed by atoms with Gasteiger partial charge in [0.05, 0.1) is 0 Å². The summed E-state index contributed by atoms with van der Waals surface area (Å²) in [5.74, 6) is 0.759. The summed E-state index contributed by atoms with van der Waals surface area (Å²) in [7, 11) is 0.0230. The minimum Gasteiger partial charge on any atom is -1.00 e. The Morgan fingerprint density at radius 3 is 2.60 bits per heavy atom. The van der Waals surface area contributed by atoms with Crippen LogP contribution in [0.3, 0.4) is 0 Å². The van der Waals surface area contributed by atoms with Crippen molar-refractivity contribution < 1.29 is 32.3 Å². The first kappa shape index (κ1) is 22.6. The Kier molecular flexibility index (Phi) is 9.12. The second-order valence-electron chi connectivity index (χ2n) is 6.90. The van der Waals surface area contributed by atoms with Crippen molar-refractivity contribution in [2.24, 2.45) is 5.92 Å². The molecule has 0 N–H and O–H groups in total. The van der Waals surface area contributed by atoms with Gasteiger partial charge in [0.2, 0.25) is 0 Å². The van der Waals surface area contributed by atoms with Gasteiger partial charge in [0, 0.05) is 0 Å². The Bertz CT molecular complexity index is 676. The van der Waals surface area contributed by atoms with Crippen LogP contribution in [-0.2, 0) is 22.9 Å². The van der Waals surface area contributed by atoms with E-state index in [0.29, 0.717) is 0 Å². The van der Waals surface area contributed by atoms with Crippen molar-refractivity contribution in [3.63, 3.8) is 0 Å². The van der Waals surface area contributed by atoms with Gasteiger partial charge in [-0.1, -0.05) is 0 Å². The van der Waals surface area contributed by atoms with E-state index in [-0.39, 0.29) is 17.3 Å². The predicted molar refractivity (Wildman–Crippen MR) is 101 cm³/mol. The molecule has 0 aromatic heterocycles. The third-order valence-electron chi connectivity index (χ3n) is 4.96. The molecule has 2 atom stereocenters. The van der Waals surface area contributed by atoms with Crippen molar-refractivity contribution >= 4 is 14.0 Å². The summed E-state index contributed by atoms with van der Waals surface area (Å²) in [6.07, 6.45) is 11.3. The van der Waals surface area contributed by atoms with Gasteiger partial charge < -0.3 is 9.41 Å². The first-order chi connectivity index (χ1) is 11.1. The molecule has 0 saturated heterocycles. The summed E-state index contributed by atoms with van der Waals surface area (Å²) in [4.78, 5) is 0. The van der Waals surface area contributed by atoms with E-state index in [0.717, 1.165) is 9.59 Å². The topological polar surface area (TPSA) is 0 Å². The smallest absolute Gasteiger partial charge is 1.00 e. The van der Waals surface area contributed by atoms with Crippen LogP contribution in [0, 0.1) is 5.92 Å². The van der Waals surface area contributed by atoms with Crippen molar-refractivity contribution in [1.82, 2.24) is 0 Å². The van der Waals surface area contributed by atoms with Gasteiger partial charge in [-0.3, -0.25) is 0 Å². The summed E-state index contributed by atoms with van der Waals surface area (Å²) < 4.78 is 2.70. The van der Waals surface area contributed by atoms with Crippen LogP contribution in [0.25, 0.3) is 6.08 Å². The van der Waals surface area contributed by atoms with Gasteiger partial charge in [-0.15, -0.1) is 0 Å². The molecule has 2 unspecified atom stereocenters. The maximum atomic E-state index is 2.52. The van der Waals surface area contributed by atoms with Gasteiger partial charge in [-0.05, 0) is 0 Å². The molecule has 2 aliphatic rings. The number of halogens is 2. The number of rotatable bonds is 6. The average Bonchev–Trinajstić information content (AvgIpc) is 3.13. The molecule has 25 heavy (non-hydrogen) atoms. The van der Waals surface area contributed by atoms with E-state index in [1.54, 1.807) is 16.5 Å². The van der Waals surface area contributed by atoms with Crippen LogP contribution >= 0.6 is 7.92 Å². The summed E-state index contributed by atoms with van der Waals surface area (Å²) in [5.41, 5.74) is 4.87. The predicted octanol–water partition coefficient (Wildman–Crippen LogP) is 0.564. The zero-order valence-electron chi connectivity index (χ0n) is 15.5. The van der Waals surface area contributed by atoms with Crippen LogP contribution in [0.15, 0.2) is 50.6 Å². The summed E-state index contributed by atoms with van der Waals surface area (Å²) >= 11 is -0.876. The van der Waals surface area contributed by atoms with E-state index >= 15 is 0 Å². The van der Waals surface area contributed by atoms with Gasteiger partial charge in [-0.2, -0.15) is 0 Å². The third-order valence-corrected chi connectivity index (χ3v) is 13.5. The number of hydrogen-bond acceptors (Lipinski definition) is 0. The van der Waals surface area contributed by atoms with E-state index in [9.17, 15) is 0 Å². The largest absolute Gasteiger partial charge is 1.00 e. The van der Waals surface area contributed by atoms with E-state index in [1.165, 1.54) is 24.8 Å². The molecule has 3 rings (SSSR count). The summed E-state index contributed by atoms with van der Waals surface area (Å²) in [6.45, 7) is 9.62. The van der Waals surface area contributed by atoms with Gasteiger partial charge in [0.15, 0.2) is 0 Å². The van der Waals surface area contributed by atoms with Crippen LogP contribution < -0.4 is 9.41 Å². The Hall–Kier alpha value is -0.400. The van der Waals surface area contributed by atoms with E-state index in [4.69, 9.17) is 0 Å². The number of hydrogen-bond donors (Lipinski definition) is 0. The molecule has 0 spiro atoms. The molecule has 0 bridgehead atoms. The molecule has 0 aliphatic heterocycles. The number of fused-ring (bicyclic) bond motifs is 1. The molecule has 134 valence electrons. The standard InChI is InChI=1S/C11H12P.C10H15.2FH.Hf/c1-12(2)11-7-9-5-3-4-6-10(9)8-11;1-3-6-9(2)10-7-4-5-8-10;;;/h3-8H,1-2H3;4,7,9H,3,5-6H2,1-2H3;2*1H;/q;;;;+2/p-2. The van der Waals surface area contributed by atoms with E-state index in [1.807, 2.05) is 3.33 Å². The SMILES string of the molecule is CCCC(C)C1=[C]([Hf+2][CH]2C(P(C)C)=Cc3ccccc32)CC=C1.[F-].[F-]. The molecule has 0 fully saturated rings. The zero-order valence-corrected chi connectivity index (χ0v) is 20.0. The molecule has 4 heteroatoms. The zero-order chi connectivity index (χ0) is 16.4. The summed E-state index contributed by atoms with van der Waals surface area (Å²) in [5, 5.41) is 1.77. The van der Waals surface area contributed by atoms with Crippen molar-refractivity contribution in [2.75, 3.05) is 13.3 Å². The van der Waals surface area contributed by atoms with Gasteiger partial charge in [-0.25, -0.2) is 0 Å². The molecule has 0 radical (unpaired) electrons. The number of benzene rings is 1.